The maximum absolute atomic E-state index is 13.4. The molecule has 3 aromatic rings. The molecule has 2 fully saturated rings. The molecule has 5 rings (SSSR count). The molecule has 2 N–H and O–H groups in total. The first-order valence-electron chi connectivity index (χ1n) is 11.5. The van der Waals surface area contributed by atoms with Crippen LogP contribution in [0.15, 0.2) is 60.7 Å². The van der Waals surface area contributed by atoms with Crippen LogP contribution in [0.2, 0.25) is 0 Å². The summed E-state index contributed by atoms with van der Waals surface area (Å²) in [5, 5.41) is 7.47. The van der Waals surface area contributed by atoms with E-state index in [0.29, 0.717) is 38.2 Å². The largest absolute Gasteiger partial charge is 0.351 e. The number of benzene rings is 3. The van der Waals surface area contributed by atoms with E-state index in [1.54, 1.807) is 36.4 Å². The van der Waals surface area contributed by atoms with Gasteiger partial charge in [-0.15, -0.1) is 0 Å². The van der Waals surface area contributed by atoms with Crippen molar-refractivity contribution in [2.75, 3.05) is 37.7 Å². The van der Waals surface area contributed by atoms with Crippen LogP contribution in [0.4, 0.5) is 14.5 Å². The summed E-state index contributed by atoms with van der Waals surface area (Å²) < 4.78 is 26.7. The molecule has 2 aliphatic heterocycles. The van der Waals surface area contributed by atoms with Crippen LogP contribution in [-0.4, -0.2) is 55.1 Å². The number of amides is 2. The number of anilines is 1. The predicted molar refractivity (Wildman–Crippen MR) is 127 cm³/mol. The number of carbonyl (C=O) groups is 2. The van der Waals surface area contributed by atoms with Crippen molar-refractivity contribution in [3.05, 3.63) is 77.9 Å². The molecule has 2 aliphatic rings. The average molecular weight is 465 g/mol. The van der Waals surface area contributed by atoms with Gasteiger partial charge < -0.3 is 20.4 Å². The zero-order valence-electron chi connectivity index (χ0n) is 18.7. The SMILES string of the molecule is O=C(NCCN1CCC2(CC1)C(=O)NCN2c1ccc(F)cc1)c1ccc2cc(F)ccc2c1. The number of carbonyl (C=O) groups excluding carboxylic acids is 2. The molecule has 0 saturated carbocycles. The Labute approximate surface area is 196 Å². The van der Waals surface area contributed by atoms with E-state index in [2.05, 4.69) is 15.5 Å². The normalized spacial score (nSPS) is 17.8. The number of piperidine rings is 1. The van der Waals surface area contributed by atoms with Crippen molar-refractivity contribution in [2.24, 2.45) is 0 Å². The van der Waals surface area contributed by atoms with Crippen LogP contribution < -0.4 is 15.5 Å². The first-order chi connectivity index (χ1) is 16.4. The number of nitrogens with zero attached hydrogens (tertiary/aromatic N) is 2. The van der Waals surface area contributed by atoms with Gasteiger partial charge in [-0.1, -0.05) is 12.1 Å². The van der Waals surface area contributed by atoms with Gasteiger partial charge in [0.25, 0.3) is 5.91 Å². The Bertz CT molecular complexity index is 1220. The number of nitrogens with one attached hydrogen (secondary N) is 2. The van der Waals surface area contributed by atoms with Crippen LogP contribution in [0.5, 0.6) is 0 Å². The van der Waals surface area contributed by atoms with Crippen molar-refractivity contribution < 1.29 is 18.4 Å². The highest BCUT2D eigenvalue weighted by atomic mass is 19.1. The van der Waals surface area contributed by atoms with Gasteiger partial charge in [-0.3, -0.25) is 9.59 Å². The summed E-state index contributed by atoms with van der Waals surface area (Å²) in [6, 6.07) is 16.0. The monoisotopic (exact) mass is 464 g/mol. The maximum Gasteiger partial charge on any atom is 0.251 e. The molecule has 6 nitrogen and oxygen atoms in total. The van der Waals surface area contributed by atoms with Gasteiger partial charge in [0.2, 0.25) is 5.91 Å². The number of hydrogen-bond donors (Lipinski definition) is 2. The Balaban J connectivity index is 1.16. The van der Waals surface area contributed by atoms with Crippen molar-refractivity contribution in [1.29, 1.82) is 0 Å². The van der Waals surface area contributed by atoms with E-state index < -0.39 is 5.54 Å². The van der Waals surface area contributed by atoms with Gasteiger partial charge in [0.1, 0.15) is 17.2 Å². The van der Waals surface area contributed by atoms with Crippen LogP contribution in [0.25, 0.3) is 10.8 Å². The van der Waals surface area contributed by atoms with Crippen LogP contribution in [0.1, 0.15) is 23.2 Å². The summed E-state index contributed by atoms with van der Waals surface area (Å²) in [6.45, 7) is 3.03. The zero-order chi connectivity index (χ0) is 23.7. The van der Waals surface area contributed by atoms with Gasteiger partial charge in [-0.05, 0) is 72.1 Å². The van der Waals surface area contributed by atoms with Crippen LogP contribution in [0.3, 0.4) is 0 Å². The summed E-state index contributed by atoms with van der Waals surface area (Å²) in [6.07, 6.45) is 1.32. The molecular weight excluding hydrogens is 438 g/mol. The number of fused-ring (bicyclic) bond motifs is 1. The first kappa shape index (κ1) is 22.3. The fraction of sp³-hybridized carbons (Fsp3) is 0.308. The van der Waals surface area contributed by atoms with Gasteiger partial charge in [0.05, 0.1) is 6.67 Å². The fourth-order valence-corrected chi connectivity index (χ4v) is 4.98. The standard InChI is InChI=1S/C26H26F2N4O2/c27-21-5-7-23(8-6-21)32-17-30-25(34)26(32)9-12-31(13-10-26)14-11-29-24(33)20-2-1-19-16-22(28)4-3-18(19)15-20/h1-8,15-16H,9-14,17H2,(H,29,33)(H,30,34). The summed E-state index contributed by atoms with van der Waals surface area (Å²) >= 11 is 0. The molecular formula is C26H26F2N4O2. The molecule has 1 spiro atoms. The van der Waals surface area contributed by atoms with Gasteiger partial charge in [0, 0.05) is 37.4 Å². The third kappa shape index (κ3) is 4.21. The third-order valence-corrected chi connectivity index (χ3v) is 6.94. The average Bonchev–Trinajstić information content (AvgIpc) is 3.15. The lowest BCUT2D eigenvalue weighted by Gasteiger charge is -2.43. The van der Waals surface area contributed by atoms with Crippen molar-refractivity contribution in [3.8, 4) is 0 Å². The van der Waals surface area contributed by atoms with E-state index in [4.69, 9.17) is 0 Å². The molecule has 0 aromatic heterocycles. The van der Waals surface area contributed by atoms with E-state index >= 15 is 0 Å². The topological polar surface area (TPSA) is 64.7 Å². The lowest BCUT2D eigenvalue weighted by atomic mass is 9.85. The highest BCUT2D eigenvalue weighted by Gasteiger charge is 2.50. The molecule has 0 atom stereocenters. The molecule has 8 heteroatoms. The van der Waals surface area contributed by atoms with Crippen LogP contribution in [-0.2, 0) is 4.79 Å². The molecule has 34 heavy (non-hydrogen) atoms. The second-order valence-electron chi connectivity index (χ2n) is 8.90. The highest BCUT2D eigenvalue weighted by molar-refractivity contribution is 5.98. The van der Waals surface area contributed by atoms with Gasteiger partial charge in [0.15, 0.2) is 0 Å². The second kappa shape index (κ2) is 9.02. The van der Waals surface area contributed by atoms with Crippen LogP contribution >= 0.6 is 0 Å². The minimum absolute atomic E-state index is 0.0148. The fourth-order valence-electron chi connectivity index (χ4n) is 4.98. The Morgan fingerprint density at radius 2 is 1.62 bits per heavy atom. The Morgan fingerprint density at radius 1 is 0.941 bits per heavy atom. The molecule has 3 aromatic carbocycles. The van der Waals surface area contributed by atoms with E-state index in [9.17, 15) is 18.4 Å². The smallest absolute Gasteiger partial charge is 0.251 e. The third-order valence-electron chi connectivity index (χ3n) is 6.94. The minimum atomic E-state index is -0.623. The van der Waals surface area contributed by atoms with Crippen molar-refractivity contribution in [1.82, 2.24) is 15.5 Å². The molecule has 0 radical (unpaired) electrons. The van der Waals surface area contributed by atoms with Gasteiger partial charge in [-0.25, -0.2) is 8.78 Å². The first-order valence-corrected chi connectivity index (χ1v) is 11.5. The zero-order valence-corrected chi connectivity index (χ0v) is 18.7. The summed E-state index contributed by atoms with van der Waals surface area (Å²) in [5.41, 5.74) is 0.746. The Morgan fingerprint density at radius 3 is 2.38 bits per heavy atom. The summed E-state index contributed by atoms with van der Waals surface area (Å²) in [5.74, 6) is -0.757. The summed E-state index contributed by atoms with van der Waals surface area (Å²) in [4.78, 5) is 29.6. The van der Waals surface area contributed by atoms with Crippen molar-refractivity contribution >= 4 is 28.3 Å². The number of likely N-dealkylation sites (tertiary alicyclic amines) is 1. The summed E-state index contributed by atoms with van der Waals surface area (Å²) in [7, 11) is 0. The second-order valence-corrected chi connectivity index (χ2v) is 8.90. The van der Waals surface area contributed by atoms with Crippen molar-refractivity contribution in [3.63, 3.8) is 0 Å². The number of halogens is 2. The molecule has 2 heterocycles. The molecule has 176 valence electrons. The molecule has 0 unspecified atom stereocenters. The molecule has 2 saturated heterocycles. The lowest BCUT2D eigenvalue weighted by molar-refractivity contribution is -0.125. The van der Waals surface area contributed by atoms with Crippen molar-refractivity contribution in [2.45, 2.75) is 18.4 Å². The van der Waals surface area contributed by atoms with Gasteiger partial charge >= 0.3 is 0 Å². The molecule has 0 aliphatic carbocycles. The lowest BCUT2D eigenvalue weighted by Crippen LogP contribution is -2.57. The van der Waals surface area contributed by atoms with E-state index in [1.165, 1.54) is 24.3 Å². The minimum Gasteiger partial charge on any atom is -0.351 e. The Hall–Kier alpha value is -3.52. The molecule has 0 bridgehead atoms. The van der Waals surface area contributed by atoms with Crippen LogP contribution in [0, 0.1) is 11.6 Å². The number of rotatable bonds is 5. The van der Waals surface area contributed by atoms with E-state index in [1.807, 2.05) is 4.90 Å². The highest BCUT2D eigenvalue weighted by Crippen LogP contribution is 2.36. The Kier molecular flexibility index (Phi) is 5.91. The van der Waals surface area contributed by atoms with E-state index in [0.717, 1.165) is 29.5 Å². The number of hydrogen-bond acceptors (Lipinski definition) is 4. The molecule has 2 amide bonds. The van der Waals surface area contributed by atoms with Gasteiger partial charge in [-0.2, -0.15) is 0 Å². The maximum atomic E-state index is 13.4. The van der Waals surface area contributed by atoms with E-state index in [-0.39, 0.29) is 23.4 Å². The quantitative estimate of drug-likeness (QED) is 0.609. The predicted octanol–water partition coefficient (Wildman–Crippen LogP) is 3.28.